The summed E-state index contributed by atoms with van der Waals surface area (Å²) in [4.78, 5) is 13.7. The van der Waals surface area contributed by atoms with Crippen LogP contribution in [0.2, 0.25) is 0 Å². The Morgan fingerprint density at radius 1 is 1.33 bits per heavy atom. The Bertz CT molecular complexity index is 446. The number of nitrogens with zero attached hydrogens (tertiary/aromatic N) is 1. The average Bonchev–Trinajstić information content (AvgIpc) is 2.39. The average molecular weight is 334 g/mol. The molecule has 1 fully saturated rings. The molecule has 0 saturated carbocycles. The highest BCUT2D eigenvalue weighted by Crippen LogP contribution is 2.17. The third-order valence-electron chi connectivity index (χ3n) is 3.59. The lowest BCUT2D eigenvalue weighted by Crippen LogP contribution is -2.48. The van der Waals surface area contributed by atoms with Crippen molar-refractivity contribution in [3.8, 4) is 0 Å². The highest BCUT2D eigenvalue weighted by molar-refractivity contribution is 5.85. The third-order valence-corrected chi connectivity index (χ3v) is 3.59. The summed E-state index contributed by atoms with van der Waals surface area (Å²) in [5.41, 5.74) is 8.06. The van der Waals surface area contributed by atoms with Crippen LogP contribution in [0.3, 0.4) is 0 Å². The van der Waals surface area contributed by atoms with Gasteiger partial charge < -0.3 is 16.0 Å². The van der Waals surface area contributed by atoms with Gasteiger partial charge in [-0.15, -0.1) is 24.8 Å². The fourth-order valence-electron chi connectivity index (χ4n) is 2.50. The number of amides is 1. The smallest absolute Gasteiger partial charge is 0.239 e. The van der Waals surface area contributed by atoms with Crippen molar-refractivity contribution in [2.45, 2.75) is 38.8 Å². The molecule has 1 atom stereocenters. The summed E-state index contributed by atoms with van der Waals surface area (Å²) in [6.07, 6.45) is 1.96. The maximum absolute atomic E-state index is 11.8. The van der Waals surface area contributed by atoms with Crippen LogP contribution >= 0.6 is 24.8 Å². The summed E-state index contributed by atoms with van der Waals surface area (Å²) in [6.45, 7) is 5.43. The molecule has 0 radical (unpaired) electrons. The summed E-state index contributed by atoms with van der Waals surface area (Å²) in [5.74, 6) is 0.0639. The molecule has 0 bridgehead atoms. The molecular formula is C15H25Cl2N3O. The van der Waals surface area contributed by atoms with Gasteiger partial charge in [0.25, 0.3) is 0 Å². The SMILES string of the molecule is Cc1cccc(NC2CCN(C(=O)[C@@H](C)N)CC2)c1.Cl.Cl. The van der Waals surface area contributed by atoms with Crippen molar-refractivity contribution in [1.29, 1.82) is 0 Å². The summed E-state index contributed by atoms with van der Waals surface area (Å²) in [6, 6.07) is 8.45. The Hall–Kier alpha value is -0.970. The van der Waals surface area contributed by atoms with Crippen molar-refractivity contribution in [2.24, 2.45) is 5.73 Å². The summed E-state index contributed by atoms with van der Waals surface area (Å²) in [5, 5.41) is 3.54. The molecule has 1 amide bonds. The van der Waals surface area contributed by atoms with E-state index in [1.165, 1.54) is 5.56 Å². The molecule has 0 aliphatic carbocycles. The maximum Gasteiger partial charge on any atom is 0.239 e. The third kappa shape index (κ3) is 5.73. The number of aryl methyl sites for hydroxylation is 1. The Morgan fingerprint density at radius 3 is 2.48 bits per heavy atom. The van der Waals surface area contributed by atoms with Crippen molar-refractivity contribution < 1.29 is 4.79 Å². The molecule has 4 nitrogen and oxygen atoms in total. The van der Waals surface area contributed by atoms with Crippen LogP contribution in [-0.4, -0.2) is 36.0 Å². The Labute approximate surface area is 139 Å². The molecule has 1 aromatic carbocycles. The quantitative estimate of drug-likeness (QED) is 0.893. The minimum absolute atomic E-state index is 0. The van der Waals surface area contributed by atoms with Gasteiger partial charge in [-0.1, -0.05) is 12.1 Å². The first-order valence-corrected chi connectivity index (χ1v) is 6.94. The fraction of sp³-hybridized carbons (Fsp3) is 0.533. The van der Waals surface area contributed by atoms with E-state index in [2.05, 4.69) is 36.5 Å². The van der Waals surface area contributed by atoms with Crippen LogP contribution in [0.15, 0.2) is 24.3 Å². The molecule has 6 heteroatoms. The van der Waals surface area contributed by atoms with Crippen LogP contribution < -0.4 is 11.1 Å². The van der Waals surface area contributed by atoms with Crippen LogP contribution in [-0.2, 0) is 4.79 Å². The number of nitrogens with two attached hydrogens (primary N) is 1. The highest BCUT2D eigenvalue weighted by atomic mass is 35.5. The van der Waals surface area contributed by atoms with E-state index >= 15 is 0 Å². The van der Waals surface area contributed by atoms with Gasteiger partial charge in [0.1, 0.15) is 0 Å². The predicted molar refractivity (Wildman–Crippen MR) is 92.5 cm³/mol. The lowest BCUT2D eigenvalue weighted by Gasteiger charge is -2.33. The molecule has 2 rings (SSSR count). The normalized spacial score (nSPS) is 16.4. The van der Waals surface area contributed by atoms with Gasteiger partial charge in [0.05, 0.1) is 6.04 Å². The second-order valence-corrected chi connectivity index (χ2v) is 5.40. The van der Waals surface area contributed by atoms with Crippen LogP contribution in [0.4, 0.5) is 5.69 Å². The molecule has 3 N–H and O–H groups in total. The first-order chi connectivity index (χ1) is 9.06. The summed E-state index contributed by atoms with van der Waals surface area (Å²) in [7, 11) is 0. The Morgan fingerprint density at radius 2 is 1.95 bits per heavy atom. The first kappa shape index (κ1) is 20.0. The lowest BCUT2D eigenvalue weighted by molar-refractivity contribution is -0.133. The number of carbonyl (C=O) groups excluding carboxylic acids is 1. The number of likely N-dealkylation sites (tertiary alicyclic amines) is 1. The number of carbonyl (C=O) groups is 1. The standard InChI is InChI=1S/C15H23N3O.2ClH/c1-11-4-3-5-14(10-11)17-13-6-8-18(9-7-13)15(19)12(2)16;;/h3-5,10,12-13,17H,6-9,16H2,1-2H3;2*1H/t12-;;/m1../s1. The van der Waals surface area contributed by atoms with E-state index in [1.807, 2.05) is 4.90 Å². The second-order valence-electron chi connectivity index (χ2n) is 5.40. The second kappa shape index (κ2) is 9.13. The van der Waals surface area contributed by atoms with E-state index in [0.29, 0.717) is 6.04 Å². The van der Waals surface area contributed by atoms with Crippen LogP contribution in [0, 0.1) is 6.92 Å². The zero-order valence-electron chi connectivity index (χ0n) is 12.5. The van der Waals surface area contributed by atoms with Crippen molar-refractivity contribution in [3.05, 3.63) is 29.8 Å². The molecule has 0 aromatic heterocycles. The van der Waals surface area contributed by atoms with Crippen molar-refractivity contribution in [2.75, 3.05) is 18.4 Å². The van der Waals surface area contributed by atoms with Gasteiger partial charge in [-0.3, -0.25) is 4.79 Å². The van der Waals surface area contributed by atoms with E-state index in [1.54, 1.807) is 6.92 Å². The molecule has 0 spiro atoms. The summed E-state index contributed by atoms with van der Waals surface area (Å²) >= 11 is 0. The minimum atomic E-state index is -0.388. The summed E-state index contributed by atoms with van der Waals surface area (Å²) < 4.78 is 0. The van der Waals surface area contributed by atoms with Gasteiger partial charge in [-0.05, 0) is 44.4 Å². The van der Waals surface area contributed by atoms with E-state index in [0.717, 1.165) is 31.6 Å². The predicted octanol–water partition coefficient (Wildman–Crippen LogP) is 2.59. The molecule has 1 aliphatic heterocycles. The van der Waals surface area contributed by atoms with Crippen LogP contribution in [0.25, 0.3) is 0 Å². The molecule has 21 heavy (non-hydrogen) atoms. The van der Waals surface area contributed by atoms with Gasteiger partial charge in [-0.2, -0.15) is 0 Å². The molecule has 1 heterocycles. The number of piperidine rings is 1. The van der Waals surface area contributed by atoms with Gasteiger partial charge >= 0.3 is 0 Å². The number of anilines is 1. The monoisotopic (exact) mass is 333 g/mol. The molecule has 1 aromatic rings. The largest absolute Gasteiger partial charge is 0.382 e. The zero-order chi connectivity index (χ0) is 13.8. The van der Waals surface area contributed by atoms with Crippen molar-refractivity contribution in [3.63, 3.8) is 0 Å². The van der Waals surface area contributed by atoms with Gasteiger partial charge in [-0.25, -0.2) is 0 Å². The lowest BCUT2D eigenvalue weighted by atomic mass is 10.0. The van der Waals surface area contributed by atoms with Crippen LogP contribution in [0.1, 0.15) is 25.3 Å². The van der Waals surface area contributed by atoms with Crippen molar-refractivity contribution in [1.82, 2.24) is 4.90 Å². The molecular weight excluding hydrogens is 309 g/mol. The molecule has 120 valence electrons. The van der Waals surface area contributed by atoms with Crippen LogP contribution in [0.5, 0.6) is 0 Å². The number of hydrogen-bond acceptors (Lipinski definition) is 3. The van der Waals surface area contributed by atoms with Gasteiger partial charge in [0.2, 0.25) is 5.91 Å². The number of nitrogens with one attached hydrogen (secondary N) is 1. The number of halogens is 2. The van der Waals surface area contributed by atoms with E-state index in [-0.39, 0.29) is 36.8 Å². The molecule has 1 saturated heterocycles. The van der Waals surface area contributed by atoms with E-state index in [9.17, 15) is 4.79 Å². The zero-order valence-corrected chi connectivity index (χ0v) is 14.2. The van der Waals surface area contributed by atoms with Gasteiger partial charge in [0, 0.05) is 24.8 Å². The molecule has 0 unspecified atom stereocenters. The minimum Gasteiger partial charge on any atom is -0.382 e. The van der Waals surface area contributed by atoms with E-state index < -0.39 is 0 Å². The topological polar surface area (TPSA) is 58.4 Å². The van der Waals surface area contributed by atoms with Crippen molar-refractivity contribution >= 4 is 36.4 Å². The number of rotatable bonds is 3. The fourth-order valence-corrected chi connectivity index (χ4v) is 2.50. The number of benzene rings is 1. The Kier molecular flexibility index (Phi) is 8.71. The van der Waals surface area contributed by atoms with Gasteiger partial charge in [0.15, 0.2) is 0 Å². The Balaban J connectivity index is 0.00000200. The highest BCUT2D eigenvalue weighted by Gasteiger charge is 2.24. The maximum atomic E-state index is 11.8. The molecule has 1 aliphatic rings. The first-order valence-electron chi connectivity index (χ1n) is 6.94. The van der Waals surface area contributed by atoms with E-state index in [4.69, 9.17) is 5.73 Å². The number of hydrogen-bond donors (Lipinski definition) is 2.